The summed E-state index contributed by atoms with van der Waals surface area (Å²) in [5, 5.41) is 10.7. The van der Waals surface area contributed by atoms with Gasteiger partial charge in [-0.1, -0.05) is 36.8 Å². The molecule has 0 aliphatic heterocycles. The molecular formula is C17H16FIO. The molecule has 3 rings (SSSR count). The highest BCUT2D eigenvalue weighted by molar-refractivity contribution is 14.1. The summed E-state index contributed by atoms with van der Waals surface area (Å²) in [6.07, 6.45) is 2.98. The van der Waals surface area contributed by atoms with Gasteiger partial charge in [-0.3, -0.25) is 0 Å². The van der Waals surface area contributed by atoms with Gasteiger partial charge in [0.05, 0.1) is 0 Å². The first-order chi connectivity index (χ1) is 9.66. The minimum Gasteiger partial charge on any atom is -0.384 e. The van der Waals surface area contributed by atoms with Crippen LogP contribution in [0.4, 0.5) is 4.39 Å². The van der Waals surface area contributed by atoms with Crippen LogP contribution in [0.3, 0.4) is 0 Å². The Balaban J connectivity index is 1.99. The molecule has 0 bridgehead atoms. The Hall–Kier alpha value is -0.940. The molecule has 0 heterocycles. The predicted molar refractivity (Wildman–Crippen MR) is 86.2 cm³/mol. The van der Waals surface area contributed by atoms with Crippen molar-refractivity contribution in [3.63, 3.8) is 0 Å². The lowest BCUT2D eigenvalue weighted by Crippen LogP contribution is -2.14. The molecule has 0 amide bonds. The van der Waals surface area contributed by atoms with Crippen molar-refractivity contribution >= 4 is 22.6 Å². The second-order valence-electron chi connectivity index (χ2n) is 5.33. The Kier molecular flexibility index (Phi) is 4.08. The SMILES string of the molecule is OC(c1ccc(F)cc1I)c1ccccc1C1CCC1. The third kappa shape index (κ3) is 2.61. The fourth-order valence-corrected chi connectivity index (χ4v) is 3.51. The van der Waals surface area contributed by atoms with E-state index in [1.807, 2.05) is 18.2 Å². The van der Waals surface area contributed by atoms with Gasteiger partial charge in [-0.15, -0.1) is 0 Å². The summed E-state index contributed by atoms with van der Waals surface area (Å²) in [6, 6.07) is 12.6. The van der Waals surface area contributed by atoms with E-state index in [0.717, 1.165) is 14.7 Å². The molecule has 1 N–H and O–H groups in total. The summed E-state index contributed by atoms with van der Waals surface area (Å²) in [6.45, 7) is 0. The highest BCUT2D eigenvalue weighted by Gasteiger charge is 2.25. The lowest BCUT2D eigenvalue weighted by Gasteiger charge is -2.29. The number of hydrogen-bond donors (Lipinski definition) is 1. The van der Waals surface area contributed by atoms with Crippen LogP contribution in [0.1, 0.15) is 48.0 Å². The summed E-state index contributed by atoms with van der Waals surface area (Å²) in [5.74, 6) is 0.302. The van der Waals surface area contributed by atoms with Crippen molar-refractivity contribution in [3.8, 4) is 0 Å². The first kappa shape index (κ1) is 14.0. The van der Waals surface area contributed by atoms with E-state index in [9.17, 15) is 9.50 Å². The molecule has 1 atom stereocenters. The molecule has 1 fully saturated rings. The molecule has 3 heteroatoms. The minimum atomic E-state index is -0.681. The van der Waals surface area contributed by atoms with Crippen LogP contribution in [0, 0.1) is 9.39 Å². The number of rotatable bonds is 3. The monoisotopic (exact) mass is 382 g/mol. The fourth-order valence-electron chi connectivity index (χ4n) is 2.74. The van der Waals surface area contributed by atoms with Gasteiger partial charge in [-0.25, -0.2) is 4.39 Å². The molecule has 0 aromatic heterocycles. The maximum atomic E-state index is 13.2. The second-order valence-corrected chi connectivity index (χ2v) is 6.49. The molecular weight excluding hydrogens is 366 g/mol. The van der Waals surface area contributed by atoms with Gasteiger partial charge in [0, 0.05) is 3.57 Å². The molecule has 2 aromatic carbocycles. The summed E-state index contributed by atoms with van der Waals surface area (Å²) in [7, 11) is 0. The number of halogens is 2. The van der Waals surface area contributed by atoms with Crippen molar-refractivity contribution in [1.29, 1.82) is 0 Å². The summed E-state index contributed by atoms with van der Waals surface area (Å²) in [4.78, 5) is 0. The van der Waals surface area contributed by atoms with E-state index in [4.69, 9.17) is 0 Å². The molecule has 1 aliphatic carbocycles. The van der Waals surface area contributed by atoms with Crippen molar-refractivity contribution in [1.82, 2.24) is 0 Å². The maximum Gasteiger partial charge on any atom is 0.124 e. The van der Waals surface area contributed by atoms with Crippen LogP contribution in [-0.2, 0) is 0 Å². The molecule has 1 nitrogen and oxygen atoms in total. The molecule has 0 spiro atoms. The molecule has 2 aromatic rings. The van der Waals surface area contributed by atoms with Crippen LogP contribution in [0.2, 0.25) is 0 Å². The first-order valence-electron chi connectivity index (χ1n) is 6.88. The number of hydrogen-bond acceptors (Lipinski definition) is 1. The molecule has 0 radical (unpaired) electrons. The average Bonchev–Trinajstić information content (AvgIpc) is 2.37. The largest absolute Gasteiger partial charge is 0.384 e. The van der Waals surface area contributed by atoms with Crippen molar-refractivity contribution in [3.05, 3.63) is 68.5 Å². The fraction of sp³-hybridized carbons (Fsp3) is 0.294. The number of aliphatic hydroxyl groups is 1. The van der Waals surface area contributed by atoms with Crippen molar-refractivity contribution in [2.24, 2.45) is 0 Å². The maximum absolute atomic E-state index is 13.2. The van der Waals surface area contributed by atoms with Gasteiger partial charge in [0.1, 0.15) is 11.9 Å². The standard InChI is InChI=1S/C17H16FIO/c18-12-8-9-15(16(19)10-12)17(20)14-7-2-1-6-13(14)11-4-3-5-11/h1-2,6-11,17,20H,3-5H2. The van der Waals surface area contributed by atoms with Crippen LogP contribution in [0.5, 0.6) is 0 Å². The third-order valence-electron chi connectivity index (χ3n) is 4.09. The van der Waals surface area contributed by atoms with Gasteiger partial charge < -0.3 is 5.11 Å². The average molecular weight is 382 g/mol. The van der Waals surface area contributed by atoms with Gasteiger partial charge >= 0.3 is 0 Å². The minimum absolute atomic E-state index is 0.266. The van der Waals surface area contributed by atoms with Crippen LogP contribution in [0.15, 0.2) is 42.5 Å². The van der Waals surface area contributed by atoms with E-state index in [0.29, 0.717) is 5.92 Å². The quantitative estimate of drug-likeness (QED) is 0.758. The van der Waals surface area contributed by atoms with E-state index in [2.05, 4.69) is 28.7 Å². The smallest absolute Gasteiger partial charge is 0.124 e. The van der Waals surface area contributed by atoms with E-state index in [-0.39, 0.29) is 5.82 Å². The Bertz CT molecular complexity index is 622. The van der Waals surface area contributed by atoms with Gasteiger partial charge in [0.15, 0.2) is 0 Å². The molecule has 1 unspecified atom stereocenters. The van der Waals surface area contributed by atoms with Crippen LogP contribution in [-0.4, -0.2) is 5.11 Å². The second kappa shape index (κ2) is 5.82. The van der Waals surface area contributed by atoms with E-state index < -0.39 is 6.10 Å². The van der Waals surface area contributed by atoms with Crippen LogP contribution >= 0.6 is 22.6 Å². The van der Waals surface area contributed by atoms with Gasteiger partial charge in [0.25, 0.3) is 0 Å². The van der Waals surface area contributed by atoms with Crippen molar-refractivity contribution in [2.75, 3.05) is 0 Å². The molecule has 1 aliphatic rings. The third-order valence-corrected chi connectivity index (χ3v) is 5.03. The molecule has 0 saturated heterocycles. The lowest BCUT2D eigenvalue weighted by atomic mass is 9.77. The van der Waals surface area contributed by atoms with Gasteiger partial charge in [0.2, 0.25) is 0 Å². The molecule has 20 heavy (non-hydrogen) atoms. The highest BCUT2D eigenvalue weighted by atomic mass is 127. The van der Waals surface area contributed by atoms with E-state index in [1.165, 1.54) is 37.0 Å². The Morgan fingerprint density at radius 3 is 2.50 bits per heavy atom. The molecule has 104 valence electrons. The lowest BCUT2D eigenvalue weighted by molar-refractivity contribution is 0.216. The molecule has 1 saturated carbocycles. The van der Waals surface area contributed by atoms with Crippen LogP contribution in [0.25, 0.3) is 0 Å². The normalized spacial score (nSPS) is 16.8. The Labute approximate surface area is 132 Å². The van der Waals surface area contributed by atoms with E-state index in [1.54, 1.807) is 6.07 Å². The summed E-state index contributed by atoms with van der Waals surface area (Å²) < 4.78 is 14.0. The van der Waals surface area contributed by atoms with E-state index >= 15 is 0 Å². The van der Waals surface area contributed by atoms with Crippen molar-refractivity contribution in [2.45, 2.75) is 31.3 Å². The first-order valence-corrected chi connectivity index (χ1v) is 7.96. The zero-order valence-corrected chi connectivity index (χ0v) is 13.2. The number of aliphatic hydroxyl groups excluding tert-OH is 1. The summed E-state index contributed by atoms with van der Waals surface area (Å²) >= 11 is 2.08. The predicted octanol–water partition coefficient (Wildman–Crippen LogP) is 4.78. The number of benzene rings is 2. The summed E-state index contributed by atoms with van der Waals surface area (Å²) in [5.41, 5.74) is 2.98. The van der Waals surface area contributed by atoms with Crippen molar-refractivity contribution < 1.29 is 9.50 Å². The highest BCUT2D eigenvalue weighted by Crippen LogP contribution is 2.41. The van der Waals surface area contributed by atoms with Gasteiger partial charge in [-0.2, -0.15) is 0 Å². The Morgan fingerprint density at radius 1 is 1.10 bits per heavy atom. The zero-order valence-electron chi connectivity index (χ0n) is 11.0. The topological polar surface area (TPSA) is 20.2 Å². The van der Waals surface area contributed by atoms with Gasteiger partial charge in [-0.05, 0) is 70.2 Å². The zero-order chi connectivity index (χ0) is 14.1. The Morgan fingerprint density at radius 2 is 1.85 bits per heavy atom. The van der Waals surface area contributed by atoms with Crippen LogP contribution < -0.4 is 0 Å².